The molecule has 0 aliphatic carbocycles. The first-order valence-corrected chi connectivity index (χ1v) is 6.20. The zero-order chi connectivity index (χ0) is 13.8. The van der Waals surface area contributed by atoms with Gasteiger partial charge in [0.15, 0.2) is 0 Å². The third kappa shape index (κ3) is 2.94. The molecule has 0 atom stereocenters. The van der Waals surface area contributed by atoms with Crippen LogP contribution in [0.1, 0.15) is 16.1 Å². The molecule has 0 aliphatic heterocycles. The Morgan fingerprint density at radius 1 is 1.42 bits per heavy atom. The number of aromatic carboxylic acids is 1. The smallest absolute Gasteiger partial charge is 0.372 e. The van der Waals surface area contributed by atoms with Crippen LogP contribution in [0.25, 0.3) is 11.0 Å². The largest absolute Gasteiger partial charge is 0.475 e. The standard InChI is InChI=1S/C14H18N2O3/c1-15-7-8-16(2)9-11-10-5-3-4-6-12(10)19-13(11)14(17)18/h3-6,15H,7-9H2,1-2H3,(H,17,18). The fraction of sp³-hybridized carbons (Fsp3) is 0.357. The molecular weight excluding hydrogens is 244 g/mol. The van der Waals surface area contributed by atoms with Crippen LogP contribution < -0.4 is 5.32 Å². The first kappa shape index (κ1) is 13.6. The highest BCUT2D eigenvalue weighted by Gasteiger charge is 2.20. The van der Waals surface area contributed by atoms with E-state index in [4.69, 9.17) is 4.42 Å². The minimum absolute atomic E-state index is 0.0394. The highest BCUT2D eigenvalue weighted by atomic mass is 16.4. The van der Waals surface area contributed by atoms with Crippen molar-refractivity contribution in [2.45, 2.75) is 6.54 Å². The van der Waals surface area contributed by atoms with Crippen LogP contribution in [0, 0.1) is 0 Å². The molecule has 0 bridgehead atoms. The molecule has 0 spiro atoms. The minimum Gasteiger partial charge on any atom is -0.475 e. The van der Waals surface area contributed by atoms with Crippen LogP contribution in [0.5, 0.6) is 0 Å². The first-order chi connectivity index (χ1) is 9.13. The third-order valence-electron chi connectivity index (χ3n) is 3.06. The van der Waals surface area contributed by atoms with Gasteiger partial charge in [-0.05, 0) is 20.2 Å². The van der Waals surface area contributed by atoms with Crippen LogP contribution in [-0.2, 0) is 6.54 Å². The second kappa shape index (κ2) is 5.86. The van der Waals surface area contributed by atoms with Crippen LogP contribution in [0.15, 0.2) is 28.7 Å². The fourth-order valence-electron chi connectivity index (χ4n) is 2.08. The average molecular weight is 262 g/mol. The summed E-state index contributed by atoms with van der Waals surface area (Å²) in [6, 6.07) is 7.41. The van der Waals surface area contributed by atoms with Gasteiger partial charge in [-0.1, -0.05) is 18.2 Å². The molecule has 19 heavy (non-hydrogen) atoms. The van der Waals surface area contributed by atoms with E-state index in [2.05, 4.69) is 10.2 Å². The molecule has 2 aromatic rings. The van der Waals surface area contributed by atoms with Crippen molar-refractivity contribution in [3.8, 4) is 0 Å². The number of hydrogen-bond acceptors (Lipinski definition) is 4. The Hall–Kier alpha value is -1.85. The molecule has 102 valence electrons. The lowest BCUT2D eigenvalue weighted by Gasteiger charge is -2.15. The van der Waals surface area contributed by atoms with Crippen molar-refractivity contribution < 1.29 is 14.3 Å². The maximum absolute atomic E-state index is 11.3. The number of nitrogens with zero attached hydrogens (tertiary/aromatic N) is 1. The number of hydrogen-bond donors (Lipinski definition) is 2. The first-order valence-electron chi connectivity index (χ1n) is 6.20. The van der Waals surface area contributed by atoms with E-state index in [9.17, 15) is 9.90 Å². The summed E-state index contributed by atoms with van der Waals surface area (Å²) in [5.41, 5.74) is 1.36. The van der Waals surface area contributed by atoms with Crippen LogP contribution in [0.4, 0.5) is 0 Å². The normalized spacial score (nSPS) is 11.3. The van der Waals surface area contributed by atoms with E-state index < -0.39 is 5.97 Å². The minimum atomic E-state index is -1.02. The Bertz CT molecular complexity index is 577. The van der Waals surface area contributed by atoms with Gasteiger partial charge in [-0.25, -0.2) is 4.79 Å². The van der Waals surface area contributed by atoms with Crippen molar-refractivity contribution in [2.24, 2.45) is 0 Å². The Kier molecular flexibility index (Phi) is 4.19. The van der Waals surface area contributed by atoms with Gasteiger partial charge in [0.25, 0.3) is 0 Å². The van der Waals surface area contributed by atoms with Gasteiger partial charge in [-0.3, -0.25) is 0 Å². The number of likely N-dealkylation sites (N-methyl/N-ethyl adjacent to an activating group) is 2. The molecule has 2 N–H and O–H groups in total. The molecule has 1 heterocycles. The number of carbonyl (C=O) groups is 1. The van der Waals surface area contributed by atoms with E-state index in [1.165, 1.54) is 0 Å². The summed E-state index contributed by atoms with van der Waals surface area (Å²) < 4.78 is 5.42. The topological polar surface area (TPSA) is 65.7 Å². The molecular formula is C14H18N2O3. The number of benzene rings is 1. The van der Waals surface area contributed by atoms with E-state index in [0.29, 0.717) is 12.1 Å². The quantitative estimate of drug-likeness (QED) is 0.830. The number of carboxylic acid groups (broad SMARTS) is 1. The predicted octanol–water partition coefficient (Wildman–Crippen LogP) is 1.78. The van der Waals surface area contributed by atoms with Crippen molar-refractivity contribution >= 4 is 16.9 Å². The summed E-state index contributed by atoms with van der Waals surface area (Å²) in [5.74, 6) is -0.981. The van der Waals surface area contributed by atoms with E-state index in [-0.39, 0.29) is 5.76 Å². The molecule has 0 radical (unpaired) electrons. The molecule has 0 saturated heterocycles. The summed E-state index contributed by atoms with van der Waals surface area (Å²) in [6.07, 6.45) is 0. The Morgan fingerprint density at radius 3 is 2.84 bits per heavy atom. The zero-order valence-corrected chi connectivity index (χ0v) is 11.1. The van der Waals surface area contributed by atoms with Gasteiger partial charge in [0.05, 0.1) is 0 Å². The molecule has 1 aromatic carbocycles. The van der Waals surface area contributed by atoms with Crippen molar-refractivity contribution in [1.29, 1.82) is 0 Å². The maximum Gasteiger partial charge on any atom is 0.372 e. The van der Waals surface area contributed by atoms with Gasteiger partial charge in [-0.2, -0.15) is 0 Å². The highest BCUT2D eigenvalue weighted by molar-refractivity contribution is 5.95. The highest BCUT2D eigenvalue weighted by Crippen LogP contribution is 2.26. The SMILES string of the molecule is CNCCN(C)Cc1c(C(=O)O)oc2ccccc12. The van der Waals surface area contributed by atoms with Crippen LogP contribution in [0.2, 0.25) is 0 Å². The molecule has 5 nitrogen and oxygen atoms in total. The fourth-order valence-corrected chi connectivity index (χ4v) is 2.08. The number of para-hydroxylation sites is 1. The van der Waals surface area contributed by atoms with Gasteiger partial charge in [0.1, 0.15) is 5.58 Å². The maximum atomic E-state index is 11.3. The van der Waals surface area contributed by atoms with E-state index in [0.717, 1.165) is 24.0 Å². The molecule has 1 aromatic heterocycles. The molecule has 5 heteroatoms. The molecule has 0 saturated carbocycles. The van der Waals surface area contributed by atoms with Crippen LogP contribution in [0.3, 0.4) is 0 Å². The van der Waals surface area contributed by atoms with Crippen molar-refractivity contribution in [3.05, 3.63) is 35.6 Å². The lowest BCUT2D eigenvalue weighted by atomic mass is 10.1. The summed E-state index contributed by atoms with van der Waals surface area (Å²) in [7, 11) is 3.86. The second-order valence-corrected chi connectivity index (χ2v) is 4.55. The van der Waals surface area contributed by atoms with Gasteiger partial charge >= 0.3 is 5.97 Å². The molecule has 2 rings (SSSR count). The monoisotopic (exact) mass is 262 g/mol. The second-order valence-electron chi connectivity index (χ2n) is 4.55. The molecule has 0 unspecified atom stereocenters. The third-order valence-corrected chi connectivity index (χ3v) is 3.06. The Morgan fingerprint density at radius 2 is 2.16 bits per heavy atom. The molecule has 0 fully saturated rings. The zero-order valence-electron chi connectivity index (χ0n) is 11.1. The Labute approximate surface area is 111 Å². The Balaban J connectivity index is 2.34. The van der Waals surface area contributed by atoms with Crippen LogP contribution in [-0.4, -0.2) is 43.2 Å². The summed E-state index contributed by atoms with van der Waals surface area (Å²) in [4.78, 5) is 13.3. The van der Waals surface area contributed by atoms with Crippen molar-refractivity contribution in [2.75, 3.05) is 27.2 Å². The van der Waals surface area contributed by atoms with E-state index >= 15 is 0 Å². The van der Waals surface area contributed by atoms with Gasteiger partial charge in [-0.15, -0.1) is 0 Å². The van der Waals surface area contributed by atoms with Gasteiger partial charge in [0.2, 0.25) is 5.76 Å². The molecule has 0 aliphatic rings. The summed E-state index contributed by atoms with van der Waals surface area (Å²) in [6.45, 7) is 2.25. The number of fused-ring (bicyclic) bond motifs is 1. The summed E-state index contributed by atoms with van der Waals surface area (Å²) in [5, 5.41) is 13.2. The number of nitrogens with one attached hydrogen (secondary N) is 1. The number of furan rings is 1. The van der Waals surface area contributed by atoms with Crippen molar-refractivity contribution in [3.63, 3.8) is 0 Å². The van der Waals surface area contributed by atoms with Crippen molar-refractivity contribution in [1.82, 2.24) is 10.2 Å². The number of carboxylic acids is 1. The average Bonchev–Trinajstić information content (AvgIpc) is 2.76. The van der Waals surface area contributed by atoms with Gasteiger partial charge in [0, 0.05) is 30.6 Å². The van der Waals surface area contributed by atoms with E-state index in [1.807, 2.05) is 32.3 Å². The van der Waals surface area contributed by atoms with Gasteiger partial charge < -0.3 is 19.7 Å². The molecule has 0 amide bonds. The van der Waals surface area contributed by atoms with Crippen LogP contribution >= 0.6 is 0 Å². The number of rotatable bonds is 6. The summed E-state index contributed by atoms with van der Waals surface area (Å²) >= 11 is 0. The predicted molar refractivity (Wildman–Crippen MR) is 73.4 cm³/mol. The van der Waals surface area contributed by atoms with E-state index in [1.54, 1.807) is 6.07 Å². The lowest BCUT2D eigenvalue weighted by molar-refractivity contribution is 0.0662. The lowest BCUT2D eigenvalue weighted by Crippen LogP contribution is -2.27.